The lowest BCUT2D eigenvalue weighted by atomic mass is 9.87. The largest absolute Gasteiger partial charge is 0.496 e. The van der Waals surface area contributed by atoms with E-state index >= 15 is 0 Å². The zero-order valence-electron chi connectivity index (χ0n) is 15.0. The van der Waals surface area contributed by atoms with Gasteiger partial charge in [-0.2, -0.15) is 0 Å². The van der Waals surface area contributed by atoms with E-state index in [1.807, 2.05) is 12.1 Å². The van der Waals surface area contributed by atoms with E-state index in [0.29, 0.717) is 0 Å². The molecule has 0 amide bonds. The highest BCUT2D eigenvalue weighted by Crippen LogP contribution is 2.35. The molecular formula is C23H24N2O. The number of para-hydroxylation sites is 1. The highest BCUT2D eigenvalue weighted by molar-refractivity contribution is 5.38. The summed E-state index contributed by atoms with van der Waals surface area (Å²) in [7, 11) is 1.73. The third kappa shape index (κ3) is 3.36. The van der Waals surface area contributed by atoms with Crippen molar-refractivity contribution in [2.24, 2.45) is 0 Å². The molecular weight excluding hydrogens is 320 g/mol. The summed E-state index contributed by atoms with van der Waals surface area (Å²) in [4.78, 5) is 0. The van der Waals surface area contributed by atoms with Crippen LogP contribution >= 0.6 is 0 Å². The molecule has 0 fully saturated rings. The van der Waals surface area contributed by atoms with Gasteiger partial charge < -0.3 is 15.4 Å². The van der Waals surface area contributed by atoms with Crippen molar-refractivity contribution in [3.05, 3.63) is 101 Å². The first-order valence-electron chi connectivity index (χ1n) is 9.08. The van der Waals surface area contributed by atoms with Gasteiger partial charge in [0, 0.05) is 18.7 Å². The minimum atomic E-state index is 0.201. The lowest BCUT2D eigenvalue weighted by Crippen LogP contribution is -2.39. The Labute approximate surface area is 155 Å². The van der Waals surface area contributed by atoms with Crippen molar-refractivity contribution in [3.63, 3.8) is 0 Å². The first-order valence-corrected chi connectivity index (χ1v) is 9.08. The van der Waals surface area contributed by atoms with E-state index < -0.39 is 0 Å². The molecule has 1 aliphatic rings. The molecule has 1 heterocycles. The molecule has 0 spiro atoms. The summed E-state index contributed by atoms with van der Waals surface area (Å²) in [6.07, 6.45) is 0. The first-order chi connectivity index (χ1) is 12.9. The second-order valence-electron chi connectivity index (χ2n) is 6.64. The molecule has 3 aromatic carbocycles. The maximum Gasteiger partial charge on any atom is 0.123 e. The van der Waals surface area contributed by atoms with Crippen LogP contribution in [0.2, 0.25) is 0 Å². The van der Waals surface area contributed by atoms with Crippen LogP contribution in [0.15, 0.2) is 78.9 Å². The predicted octanol–water partition coefficient (Wildman–Crippen LogP) is 4.37. The Kier molecular flexibility index (Phi) is 5.00. The van der Waals surface area contributed by atoms with Gasteiger partial charge in [0.05, 0.1) is 19.2 Å². The Morgan fingerprint density at radius 2 is 1.65 bits per heavy atom. The molecule has 0 aromatic heterocycles. The quantitative estimate of drug-likeness (QED) is 0.721. The summed E-state index contributed by atoms with van der Waals surface area (Å²) in [6, 6.07) is 28.0. The van der Waals surface area contributed by atoms with Gasteiger partial charge in [-0.05, 0) is 22.8 Å². The van der Waals surface area contributed by atoms with Crippen molar-refractivity contribution in [3.8, 4) is 5.75 Å². The topological polar surface area (TPSA) is 33.3 Å². The van der Waals surface area contributed by atoms with Crippen LogP contribution in [0.3, 0.4) is 0 Å². The Morgan fingerprint density at radius 1 is 0.923 bits per heavy atom. The van der Waals surface area contributed by atoms with Crippen LogP contribution in [0.25, 0.3) is 0 Å². The van der Waals surface area contributed by atoms with Crippen molar-refractivity contribution >= 4 is 0 Å². The van der Waals surface area contributed by atoms with Crippen LogP contribution in [0, 0.1) is 0 Å². The van der Waals surface area contributed by atoms with Gasteiger partial charge in [-0.3, -0.25) is 0 Å². The van der Waals surface area contributed by atoms with Crippen molar-refractivity contribution in [1.82, 2.24) is 10.6 Å². The fraction of sp³-hybridized carbons (Fsp3) is 0.217. The van der Waals surface area contributed by atoms with Gasteiger partial charge in [0.2, 0.25) is 0 Å². The smallest absolute Gasteiger partial charge is 0.123 e. The third-order valence-corrected chi connectivity index (χ3v) is 5.10. The fourth-order valence-electron chi connectivity index (χ4n) is 3.78. The van der Waals surface area contributed by atoms with Gasteiger partial charge in [0.25, 0.3) is 0 Å². The van der Waals surface area contributed by atoms with Crippen LogP contribution in [-0.2, 0) is 13.1 Å². The minimum Gasteiger partial charge on any atom is -0.496 e. The Balaban J connectivity index is 1.64. The lowest BCUT2D eigenvalue weighted by Gasteiger charge is -2.36. The van der Waals surface area contributed by atoms with Gasteiger partial charge in [-0.25, -0.2) is 0 Å². The first kappa shape index (κ1) is 16.8. The summed E-state index contributed by atoms with van der Waals surface area (Å²) in [6.45, 7) is 1.65. The second-order valence-corrected chi connectivity index (χ2v) is 6.64. The molecule has 3 heteroatoms. The minimum absolute atomic E-state index is 0.201. The van der Waals surface area contributed by atoms with E-state index in [4.69, 9.17) is 4.74 Å². The van der Waals surface area contributed by atoms with E-state index in [1.165, 1.54) is 22.3 Å². The number of fused-ring (bicyclic) bond motifs is 1. The highest BCUT2D eigenvalue weighted by Gasteiger charge is 2.29. The van der Waals surface area contributed by atoms with Crippen LogP contribution in [0.5, 0.6) is 5.75 Å². The fourth-order valence-corrected chi connectivity index (χ4v) is 3.78. The van der Waals surface area contributed by atoms with E-state index in [0.717, 1.165) is 18.8 Å². The summed E-state index contributed by atoms with van der Waals surface area (Å²) < 4.78 is 5.51. The maximum atomic E-state index is 5.51. The van der Waals surface area contributed by atoms with Gasteiger partial charge in [0.1, 0.15) is 5.75 Å². The van der Waals surface area contributed by atoms with Crippen molar-refractivity contribution in [2.45, 2.75) is 25.2 Å². The van der Waals surface area contributed by atoms with E-state index in [1.54, 1.807) is 7.11 Å². The number of ether oxygens (including phenoxy) is 1. The molecule has 132 valence electrons. The molecule has 2 atom stereocenters. The monoisotopic (exact) mass is 344 g/mol. The summed E-state index contributed by atoms with van der Waals surface area (Å²) in [5.41, 5.74) is 5.21. The third-order valence-electron chi connectivity index (χ3n) is 5.10. The molecule has 1 aliphatic heterocycles. The molecule has 0 radical (unpaired) electrons. The molecule has 0 unspecified atom stereocenters. The average Bonchev–Trinajstić information content (AvgIpc) is 2.72. The van der Waals surface area contributed by atoms with Gasteiger partial charge >= 0.3 is 0 Å². The molecule has 3 aromatic rings. The molecule has 26 heavy (non-hydrogen) atoms. The molecule has 0 saturated heterocycles. The van der Waals surface area contributed by atoms with Crippen molar-refractivity contribution in [1.29, 1.82) is 0 Å². The summed E-state index contributed by atoms with van der Waals surface area (Å²) in [5, 5.41) is 7.49. The van der Waals surface area contributed by atoms with E-state index in [2.05, 4.69) is 77.4 Å². The maximum absolute atomic E-state index is 5.51. The number of nitrogens with one attached hydrogen (secondary N) is 2. The van der Waals surface area contributed by atoms with Gasteiger partial charge in [0.15, 0.2) is 0 Å². The van der Waals surface area contributed by atoms with Crippen LogP contribution in [-0.4, -0.2) is 7.11 Å². The number of benzene rings is 3. The standard InChI is InChI=1S/C23H24N2O/c1-26-21-14-8-6-12-19(21)16-25-23-20-13-7-5-11-18(20)15-24-22(23)17-9-3-2-4-10-17/h2-14,22-25H,15-16H2,1H3/t22-,23+/m1/s1. The number of hydrogen-bond acceptors (Lipinski definition) is 3. The van der Waals surface area contributed by atoms with E-state index in [9.17, 15) is 0 Å². The Morgan fingerprint density at radius 3 is 2.50 bits per heavy atom. The SMILES string of the molecule is COc1ccccc1CN[C@H]1c2ccccc2CN[C@@H]1c1ccccc1. The zero-order valence-corrected chi connectivity index (χ0v) is 15.0. The van der Waals surface area contributed by atoms with E-state index in [-0.39, 0.29) is 12.1 Å². The van der Waals surface area contributed by atoms with Gasteiger partial charge in [-0.15, -0.1) is 0 Å². The average molecular weight is 344 g/mol. The number of hydrogen-bond donors (Lipinski definition) is 2. The lowest BCUT2D eigenvalue weighted by molar-refractivity contribution is 0.351. The normalized spacial score (nSPS) is 19.0. The Hall–Kier alpha value is -2.62. The van der Waals surface area contributed by atoms with Crippen LogP contribution in [0.1, 0.15) is 34.3 Å². The van der Waals surface area contributed by atoms with Crippen LogP contribution in [0.4, 0.5) is 0 Å². The molecule has 3 nitrogen and oxygen atoms in total. The second kappa shape index (κ2) is 7.73. The number of methoxy groups -OCH3 is 1. The van der Waals surface area contributed by atoms with Crippen molar-refractivity contribution in [2.75, 3.05) is 7.11 Å². The predicted molar refractivity (Wildman–Crippen MR) is 105 cm³/mol. The molecule has 0 aliphatic carbocycles. The molecule has 4 rings (SSSR count). The summed E-state index contributed by atoms with van der Waals surface area (Å²) >= 11 is 0. The molecule has 0 saturated carbocycles. The highest BCUT2D eigenvalue weighted by atomic mass is 16.5. The van der Waals surface area contributed by atoms with Crippen molar-refractivity contribution < 1.29 is 4.74 Å². The van der Waals surface area contributed by atoms with Crippen LogP contribution < -0.4 is 15.4 Å². The molecule has 2 N–H and O–H groups in total. The Bertz CT molecular complexity index is 863. The van der Waals surface area contributed by atoms with Gasteiger partial charge in [-0.1, -0.05) is 72.8 Å². The number of rotatable bonds is 5. The molecule has 0 bridgehead atoms. The summed E-state index contributed by atoms with van der Waals surface area (Å²) in [5.74, 6) is 0.924. The zero-order chi connectivity index (χ0) is 17.8.